The van der Waals surface area contributed by atoms with Crippen LogP contribution < -0.4 is 5.56 Å². The Morgan fingerprint density at radius 3 is 2.58 bits per heavy atom. The van der Waals surface area contributed by atoms with Crippen molar-refractivity contribution >= 4 is 44.8 Å². The number of halogens is 2. The monoisotopic (exact) mass is 374 g/mol. The first-order valence-electron chi connectivity index (χ1n) is 7.33. The van der Waals surface area contributed by atoms with Crippen molar-refractivity contribution in [1.29, 1.82) is 0 Å². The molecule has 4 aromatic rings. The summed E-state index contributed by atoms with van der Waals surface area (Å²) in [6, 6.07) is 15.3. The second-order valence-electron chi connectivity index (χ2n) is 5.47. The summed E-state index contributed by atoms with van der Waals surface area (Å²) in [6.07, 6.45) is 0. The highest BCUT2D eigenvalue weighted by Gasteiger charge is 2.15. The summed E-state index contributed by atoms with van der Waals surface area (Å²) in [7, 11) is 0. The van der Waals surface area contributed by atoms with Crippen molar-refractivity contribution in [1.82, 2.24) is 9.78 Å². The van der Waals surface area contributed by atoms with Crippen LogP contribution in [-0.4, -0.2) is 9.78 Å². The first-order valence-corrected chi connectivity index (χ1v) is 8.96. The third-order valence-electron chi connectivity index (χ3n) is 3.90. The van der Waals surface area contributed by atoms with Crippen LogP contribution in [0.1, 0.15) is 5.56 Å². The maximum absolute atomic E-state index is 12.8. The lowest BCUT2D eigenvalue weighted by Crippen LogP contribution is -2.17. The molecular formula is C18H12Cl2N2OS. The molecule has 0 radical (unpaired) electrons. The summed E-state index contributed by atoms with van der Waals surface area (Å²) < 4.78 is 1.64. The van der Waals surface area contributed by atoms with E-state index in [0.29, 0.717) is 22.0 Å². The quantitative estimate of drug-likeness (QED) is 0.511. The molecule has 2 aromatic heterocycles. The van der Waals surface area contributed by atoms with Crippen molar-refractivity contribution in [3.8, 4) is 11.1 Å². The van der Waals surface area contributed by atoms with Gasteiger partial charge < -0.3 is 0 Å². The third kappa shape index (κ3) is 2.67. The maximum Gasteiger partial charge on any atom is 0.276 e. The van der Waals surface area contributed by atoms with E-state index in [1.807, 2.05) is 41.8 Å². The molecule has 4 rings (SSSR count). The molecule has 24 heavy (non-hydrogen) atoms. The van der Waals surface area contributed by atoms with Crippen LogP contribution in [0.4, 0.5) is 0 Å². The van der Waals surface area contributed by atoms with Gasteiger partial charge in [0.15, 0.2) is 0 Å². The van der Waals surface area contributed by atoms with Crippen LogP contribution in [0.25, 0.3) is 21.3 Å². The Morgan fingerprint density at radius 2 is 1.83 bits per heavy atom. The number of hydrogen-bond donors (Lipinski definition) is 1. The molecule has 0 amide bonds. The standard InChI is InChI=1S/C18H12Cl2N2OS/c19-14-7-6-12(8-15(14)20)13-10-24-17-16(13)18(23)22(21-17)9-11-4-2-1-3-5-11/h1-8,10,21H,9H2. The molecule has 0 unspecified atom stereocenters. The van der Waals surface area contributed by atoms with Gasteiger partial charge in [-0.1, -0.05) is 59.6 Å². The van der Waals surface area contributed by atoms with E-state index < -0.39 is 0 Å². The molecule has 0 saturated carbocycles. The minimum atomic E-state index is -0.0313. The van der Waals surface area contributed by atoms with Gasteiger partial charge in [-0.3, -0.25) is 9.89 Å². The number of nitrogens with zero attached hydrogens (tertiary/aromatic N) is 1. The average molecular weight is 375 g/mol. The summed E-state index contributed by atoms with van der Waals surface area (Å²) in [6.45, 7) is 0.516. The molecule has 0 saturated heterocycles. The molecule has 120 valence electrons. The highest BCUT2D eigenvalue weighted by Crippen LogP contribution is 2.34. The minimum absolute atomic E-state index is 0.0313. The van der Waals surface area contributed by atoms with Crippen molar-refractivity contribution < 1.29 is 0 Å². The van der Waals surface area contributed by atoms with Gasteiger partial charge >= 0.3 is 0 Å². The smallest absolute Gasteiger partial charge is 0.276 e. The van der Waals surface area contributed by atoms with Gasteiger partial charge in [0.25, 0.3) is 5.56 Å². The van der Waals surface area contributed by atoms with Crippen LogP contribution in [0.3, 0.4) is 0 Å². The molecular weight excluding hydrogens is 363 g/mol. The zero-order chi connectivity index (χ0) is 16.7. The first kappa shape index (κ1) is 15.5. The number of thiophene rings is 1. The van der Waals surface area contributed by atoms with Crippen LogP contribution in [-0.2, 0) is 6.54 Å². The number of fused-ring (bicyclic) bond motifs is 1. The number of aromatic nitrogens is 2. The van der Waals surface area contributed by atoms with Crippen LogP contribution in [0, 0.1) is 0 Å². The molecule has 0 aliphatic rings. The van der Waals surface area contributed by atoms with Crippen molar-refractivity contribution in [2.24, 2.45) is 0 Å². The van der Waals surface area contributed by atoms with E-state index in [2.05, 4.69) is 5.10 Å². The zero-order valence-corrected chi connectivity index (χ0v) is 14.8. The van der Waals surface area contributed by atoms with Gasteiger partial charge in [0.2, 0.25) is 0 Å². The lowest BCUT2D eigenvalue weighted by molar-refractivity contribution is 0.673. The largest absolute Gasteiger partial charge is 0.285 e. The molecule has 0 fully saturated rings. The predicted molar refractivity (Wildman–Crippen MR) is 101 cm³/mol. The first-order chi connectivity index (χ1) is 11.6. The fourth-order valence-electron chi connectivity index (χ4n) is 2.71. The Hall–Kier alpha value is -2.01. The summed E-state index contributed by atoms with van der Waals surface area (Å²) in [5.41, 5.74) is 2.81. The second kappa shape index (κ2) is 6.13. The zero-order valence-electron chi connectivity index (χ0n) is 12.4. The predicted octanol–water partition coefficient (Wildman–Crippen LogP) is 5.41. The number of rotatable bonds is 3. The van der Waals surface area contributed by atoms with Crippen molar-refractivity contribution in [3.05, 3.63) is 79.9 Å². The van der Waals surface area contributed by atoms with Crippen LogP contribution in [0.5, 0.6) is 0 Å². The molecule has 1 N–H and O–H groups in total. The Morgan fingerprint density at radius 1 is 1.04 bits per heavy atom. The van der Waals surface area contributed by atoms with Crippen LogP contribution in [0.15, 0.2) is 58.7 Å². The maximum atomic E-state index is 12.8. The lowest BCUT2D eigenvalue weighted by atomic mass is 10.1. The molecule has 3 nitrogen and oxygen atoms in total. The van der Waals surface area contributed by atoms with Crippen LogP contribution in [0.2, 0.25) is 10.0 Å². The number of nitrogens with one attached hydrogen (secondary N) is 1. The summed E-state index contributed by atoms with van der Waals surface area (Å²) >= 11 is 13.6. The van der Waals surface area contributed by atoms with Gasteiger partial charge in [0.05, 0.1) is 22.0 Å². The molecule has 0 spiro atoms. The van der Waals surface area contributed by atoms with Crippen LogP contribution >= 0.6 is 34.5 Å². The number of aromatic amines is 1. The number of hydrogen-bond acceptors (Lipinski definition) is 2. The van der Waals surface area contributed by atoms with E-state index in [-0.39, 0.29) is 5.56 Å². The summed E-state index contributed by atoms with van der Waals surface area (Å²) in [5, 5.41) is 6.83. The second-order valence-corrected chi connectivity index (χ2v) is 7.17. The average Bonchev–Trinajstić information content (AvgIpc) is 3.12. The Labute approximate surface area is 152 Å². The lowest BCUT2D eigenvalue weighted by Gasteiger charge is -2.02. The van der Waals surface area contributed by atoms with Gasteiger partial charge in [-0.05, 0) is 23.3 Å². The number of H-pyrrole nitrogens is 1. The minimum Gasteiger partial charge on any atom is -0.285 e. The molecule has 0 atom stereocenters. The number of benzene rings is 2. The van der Waals surface area contributed by atoms with Gasteiger partial charge in [0.1, 0.15) is 4.83 Å². The van der Waals surface area contributed by atoms with Gasteiger partial charge in [-0.2, -0.15) is 0 Å². The summed E-state index contributed by atoms with van der Waals surface area (Å²) in [4.78, 5) is 13.7. The third-order valence-corrected chi connectivity index (χ3v) is 5.52. The van der Waals surface area contributed by atoms with E-state index >= 15 is 0 Å². The fourth-order valence-corrected chi connectivity index (χ4v) is 3.98. The SMILES string of the molecule is O=c1c2c(-c3ccc(Cl)c(Cl)c3)csc2[nH]n1Cc1ccccc1. The molecule has 0 aliphatic carbocycles. The van der Waals surface area contributed by atoms with E-state index in [9.17, 15) is 4.79 Å². The highest BCUT2D eigenvalue weighted by molar-refractivity contribution is 7.17. The van der Waals surface area contributed by atoms with Gasteiger partial charge in [0, 0.05) is 10.9 Å². The van der Waals surface area contributed by atoms with Crippen molar-refractivity contribution in [3.63, 3.8) is 0 Å². The molecule has 0 aliphatic heterocycles. The van der Waals surface area contributed by atoms with E-state index in [4.69, 9.17) is 23.2 Å². The van der Waals surface area contributed by atoms with Crippen molar-refractivity contribution in [2.45, 2.75) is 6.54 Å². The van der Waals surface area contributed by atoms with E-state index in [1.165, 1.54) is 11.3 Å². The molecule has 6 heteroatoms. The fraction of sp³-hybridized carbons (Fsp3) is 0.0556. The normalized spacial score (nSPS) is 11.2. The Balaban J connectivity index is 1.81. The Bertz CT molecular complexity index is 1080. The topological polar surface area (TPSA) is 37.8 Å². The molecule has 0 bridgehead atoms. The molecule has 2 heterocycles. The van der Waals surface area contributed by atoms with E-state index in [0.717, 1.165) is 21.5 Å². The van der Waals surface area contributed by atoms with E-state index in [1.54, 1.807) is 16.8 Å². The van der Waals surface area contributed by atoms with Crippen molar-refractivity contribution in [2.75, 3.05) is 0 Å². The summed E-state index contributed by atoms with van der Waals surface area (Å²) in [5.74, 6) is 0. The van der Waals surface area contributed by atoms with Gasteiger partial charge in [-0.25, -0.2) is 4.68 Å². The molecule has 2 aromatic carbocycles. The van der Waals surface area contributed by atoms with Gasteiger partial charge in [-0.15, -0.1) is 11.3 Å². The highest BCUT2D eigenvalue weighted by atomic mass is 35.5. The Kier molecular flexibility index (Phi) is 3.96.